The Hall–Kier alpha value is -2.86. The first-order chi connectivity index (χ1) is 9.35. The number of pyridine rings is 1. The van der Waals surface area contributed by atoms with Gasteiger partial charge in [0.1, 0.15) is 17.5 Å². The number of ether oxygens (including phenoxy) is 1. The van der Waals surface area contributed by atoms with Crippen molar-refractivity contribution in [3.05, 3.63) is 66.4 Å². The summed E-state index contributed by atoms with van der Waals surface area (Å²) in [7, 11) is 0. The summed E-state index contributed by atoms with van der Waals surface area (Å²) in [5.74, 6) is 1.13. The van der Waals surface area contributed by atoms with Gasteiger partial charge in [-0.3, -0.25) is 0 Å². The van der Waals surface area contributed by atoms with Crippen LogP contribution in [0.25, 0.3) is 10.8 Å². The van der Waals surface area contributed by atoms with Crippen LogP contribution in [0.1, 0.15) is 5.69 Å². The summed E-state index contributed by atoms with van der Waals surface area (Å²) in [5, 5.41) is 11.1. The van der Waals surface area contributed by atoms with Crippen LogP contribution in [0.2, 0.25) is 0 Å². The number of hydrogen-bond donors (Lipinski definition) is 0. The molecule has 0 aliphatic rings. The minimum Gasteiger partial charge on any atom is -0.439 e. The zero-order valence-electron chi connectivity index (χ0n) is 10.1. The third kappa shape index (κ3) is 2.38. The van der Waals surface area contributed by atoms with Crippen LogP contribution in [0.3, 0.4) is 0 Å². The minimum atomic E-state index is 0.346. The summed E-state index contributed by atoms with van der Waals surface area (Å²) >= 11 is 0. The highest BCUT2D eigenvalue weighted by Gasteiger charge is 2.01. The van der Waals surface area contributed by atoms with Gasteiger partial charge in [0.2, 0.25) is 5.88 Å². The van der Waals surface area contributed by atoms with Crippen LogP contribution in [-0.4, -0.2) is 4.98 Å². The molecule has 0 atom stereocenters. The second-order valence-corrected chi connectivity index (χ2v) is 4.08. The molecule has 2 aromatic carbocycles. The Bertz CT molecular complexity index is 775. The molecular formula is C16H10N2O. The fourth-order valence-corrected chi connectivity index (χ4v) is 1.89. The van der Waals surface area contributed by atoms with E-state index < -0.39 is 0 Å². The van der Waals surface area contributed by atoms with Crippen molar-refractivity contribution < 1.29 is 4.74 Å². The van der Waals surface area contributed by atoms with Crippen LogP contribution in [0.4, 0.5) is 0 Å². The Balaban J connectivity index is 1.94. The predicted octanol–water partition coefficient (Wildman–Crippen LogP) is 3.90. The lowest BCUT2D eigenvalue weighted by atomic mass is 10.1. The van der Waals surface area contributed by atoms with Gasteiger partial charge in [0.25, 0.3) is 0 Å². The van der Waals surface area contributed by atoms with Crippen molar-refractivity contribution in [1.82, 2.24) is 4.98 Å². The van der Waals surface area contributed by atoms with E-state index >= 15 is 0 Å². The van der Waals surface area contributed by atoms with Crippen LogP contribution < -0.4 is 4.74 Å². The molecule has 0 spiro atoms. The maximum absolute atomic E-state index is 8.80. The zero-order chi connectivity index (χ0) is 13.1. The van der Waals surface area contributed by atoms with Crippen LogP contribution in [0, 0.1) is 11.3 Å². The molecule has 3 rings (SSSR count). The van der Waals surface area contributed by atoms with Gasteiger partial charge in [0.15, 0.2) is 0 Å². The second-order valence-electron chi connectivity index (χ2n) is 4.08. The quantitative estimate of drug-likeness (QED) is 0.688. The van der Waals surface area contributed by atoms with E-state index in [1.54, 1.807) is 18.2 Å². The molecule has 1 heterocycles. The molecule has 3 heteroatoms. The molecule has 1 aromatic heterocycles. The van der Waals surface area contributed by atoms with Gasteiger partial charge in [0.05, 0.1) is 0 Å². The summed E-state index contributed by atoms with van der Waals surface area (Å²) in [6, 6.07) is 21.0. The molecule has 3 nitrogen and oxygen atoms in total. The van der Waals surface area contributed by atoms with Gasteiger partial charge in [-0.1, -0.05) is 36.4 Å². The lowest BCUT2D eigenvalue weighted by Crippen LogP contribution is -1.89. The number of fused-ring (bicyclic) bond motifs is 1. The number of hydrogen-bond acceptors (Lipinski definition) is 3. The van der Waals surface area contributed by atoms with E-state index in [1.165, 1.54) is 0 Å². The van der Waals surface area contributed by atoms with Crippen LogP contribution in [-0.2, 0) is 0 Å². The second kappa shape index (κ2) is 4.79. The molecule has 0 fully saturated rings. The lowest BCUT2D eigenvalue weighted by molar-refractivity contribution is 0.463. The van der Waals surface area contributed by atoms with Crippen molar-refractivity contribution in [3.8, 4) is 17.7 Å². The van der Waals surface area contributed by atoms with Crippen LogP contribution in [0.15, 0.2) is 60.7 Å². The normalized spacial score (nSPS) is 10.1. The van der Waals surface area contributed by atoms with E-state index in [2.05, 4.69) is 4.98 Å². The zero-order valence-corrected chi connectivity index (χ0v) is 10.1. The molecular weight excluding hydrogens is 236 g/mol. The van der Waals surface area contributed by atoms with Gasteiger partial charge in [-0.25, -0.2) is 4.98 Å². The molecule has 0 amide bonds. The largest absolute Gasteiger partial charge is 0.439 e. The molecule has 0 N–H and O–H groups in total. The monoisotopic (exact) mass is 246 g/mol. The van der Waals surface area contributed by atoms with E-state index in [-0.39, 0.29) is 0 Å². The molecule has 0 saturated carbocycles. The van der Waals surface area contributed by atoms with Gasteiger partial charge in [-0.15, -0.1) is 0 Å². The van der Waals surface area contributed by atoms with Crippen molar-refractivity contribution in [2.45, 2.75) is 0 Å². The van der Waals surface area contributed by atoms with Gasteiger partial charge < -0.3 is 4.74 Å². The highest BCUT2D eigenvalue weighted by Crippen LogP contribution is 2.24. The Morgan fingerprint density at radius 3 is 2.58 bits per heavy atom. The Morgan fingerprint density at radius 1 is 0.895 bits per heavy atom. The Kier molecular flexibility index (Phi) is 2.83. The molecule has 90 valence electrons. The van der Waals surface area contributed by atoms with Gasteiger partial charge in [-0.2, -0.15) is 5.26 Å². The SMILES string of the molecule is N#Cc1cccc(Oc2ccc3ccccc3c2)n1. The van der Waals surface area contributed by atoms with Crippen molar-refractivity contribution in [1.29, 1.82) is 5.26 Å². The average Bonchev–Trinajstić information content (AvgIpc) is 2.47. The topological polar surface area (TPSA) is 45.9 Å². The molecule has 0 unspecified atom stereocenters. The average molecular weight is 246 g/mol. The van der Waals surface area contributed by atoms with E-state index in [4.69, 9.17) is 10.00 Å². The summed E-state index contributed by atoms with van der Waals surface area (Å²) < 4.78 is 5.67. The third-order valence-electron chi connectivity index (χ3n) is 2.78. The first kappa shape index (κ1) is 11.2. The van der Waals surface area contributed by atoms with E-state index in [0.29, 0.717) is 17.3 Å². The summed E-state index contributed by atoms with van der Waals surface area (Å²) in [6.45, 7) is 0. The maximum atomic E-state index is 8.80. The predicted molar refractivity (Wildman–Crippen MR) is 73.0 cm³/mol. The number of rotatable bonds is 2. The third-order valence-corrected chi connectivity index (χ3v) is 2.78. The fourth-order valence-electron chi connectivity index (χ4n) is 1.89. The molecule has 19 heavy (non-hydrogen) atoms. The van der Waals surface area contributed by atoms with Crippen molar-refractivity contribution >= 4 is 10.8 Å². The lowest BCUT2D eigenvalue weighted by Gasteiger charge is -2.06. The van der Waals surface area contributed by atoms with Crippen LogP contribution in [0.5, 0.6) is 11.6 Å². The molecule has 0 saturated heterocycles. The highest BCUT2D eigenvalue weighted by atomic mass is 16.5. The van der Waals surface area contributed by atoms with Gasteiger partial charge in [-0.05, 0) is 29.0 Å². The molecule has 0 bridgehead atoms. The van der Waals surface area contributed by atoms with Gasteiger partial charge in [0, 0.05) is 6.07 Å². The van der Waals surface area contributed by atoms with Crippen molar-refractivity contribution in [2.75, 3.05) is 0 Å². The minimum absolute atomic E-state index is 0.346. The first-order valence-electron chi connectivity index (χ1n) is 5.89. The van der Waals surface area contributed by atoms with Crippen molar-refractivity contribution in [2.24, 2.45) is 0 Å². The molecule has 0 aliphatic carbocycles. The standard InChI is InChI=1S/C16H10N2O/c17-11-14-6-3-7-16(18-14)19-15-9-8-12-4-1-2-5-13(12)10-15/h1-10H. The number of benzene rings is 2. The smallest absolute Gasteiger partial charge is 0.220 e. The summed E-state index contributed by atoms with van der Waals surface area (Å²) in [5.41, 5.74) is 0.346. The Labute approximate surface area is 110 Å². The highest BCUT2D eigenvalue weighted by molar-refractivity contribution is 5.83. The first-order valence-corrected chi connectivity index (χ1v) is 5.89. The fraction of sp³-hybridized carbons (Fsp3) is 0. The maximum Gasteiger partial charge on any atom is 0.220 e. The summed E-state index contributed by atoms with van der Waals surface area (Å²) in [4.78, 5) is 4.08. The molecule has 0 radical (unpaired) electrons. The molecule has 3 aromatic rings. The summed E-state index contributed by atoms with van der Waals surface area (Å²) in [6.07, 6.45) is 0. The number of nitriles is 1. The van der Waals surface area contributed by atoms with E-state index in [1.807, 2.05) is 48.5 Å². The van der Waals surface area contributed by atoms with Crippen molar-refractivity contribution in [3.63, 3.8) is 0 Å². The number of aromatic nitrogens is 1. The Morgan fingerprint density at radius 2 is 1.74 bits per heavy atom. The van der Waals surface area contributed by atoms with E-state index in [9.17, 15) is 0 Å². The number of nitrogens with zero attached hydrogens (tertiary/aromatic N) is 2. The van der Waals surface area contributed by atoms with E-state index in [0.717, 1.165) is 10.8 Å². The van der Waals surface area contributed by atoms with Gasteiger partial charge >= 0.3 is 0 Å². The van der Waals surface area contributed by atoms with Crippen LogP contribution >= 0.6 is 0 Å². The molecule has 0 aliphatic heterocycles.